The van der Waals surface area contributed by atoms with Crippen LogP contribution in [0.15, 0.2) is 52.1 Å². The summed E-state index contributed by atoms with van der Waals surface area (Å²) in [5.74, 6) is 9.27. The number of rotatable bonds is 3. The molecule has 1 saturated heterocycles. The normalized spacial score (nSPS) is 25.5. The van der Waals surface area contributed by atoms with E-state index in [0.29, 0.717) is 31.1 Å². The first-order valence-corrected chi connectivity index (χ1v) is 17.9. The molecular weight excluding hydrogens is 596 g/mol. The van der Waals surface area contributed by atoms with Gasteiger partial charge in [0.25, 0.3) is 0 Å². The monoisotopic (exact) mass is 642 g/mol. The molecule has 0 aromatic heterocycles. The molecular formula is C41H46N4O3. The fourth-order valence-electron chi connectivity index (χ4n) is 8.84. The molecule has 48 heavy (non-hydrogen) atoms. The van der Waals surface area contributed by atoms with Gasteiger partial charge in [-0.05, 0) is 101 Å². The minimum Gasteiger partial charge on any atom is -0.444 e. The fourth-order valence-corrected chi connectivity index (χ4v) is 8.84. The first-order valence-electron chi connectivity index (χ1n) is 17.9. The summed E-state index contributed by atoms with van der Waals surface area (Å²) in [6, 6.07) is 11.1. The number of nitrogens with one attached hydrogen (secondary N) is 1. The summed E-state index contributed by atoms with van der Waals surface area (Å²) in [7, 11) is 0. The Labute approximate surface area is 284 Å². The molecule has 1 amide bonds. The van der Waals surface area contributed by atoms with Crippen molar-refractivity contribution in [2.24, 2.45) is 21.8 Å². The Bertz CT molecular complexity index is 1870. The van der Waals surface area contributed by atoms with Gasteiger partial charge >= 0.3 is 6.09 Å². The molecule has 1 N–H and O–H groups in total. The number of hydrogen-bond donors (Lipinski definition) is 1. The van der Waals surface area contributed by atoms with Gasteiger partial charge in [-0.3, -0.25) is 19.7 Å². The number of fused-ring (bicyclic) bond motifs is 4. The molecule has 0 spiro atoms. The Hall–Kier alpha value is -4.18. The van der Waals surface area contributed by atoms with Gasteiger partial charge in [-0.2, -0.15) is 0 Å². The Morgan fingerprint density at radius 2 is 1.83 bits per heavy atom. The van der Waals surface area contributed by atoms with Gasteiger partial charge in [0.05, 0.1) is 11.6 Å². The lowest BCUT2D eigenvalue weighted by Gasteiger charge is -2.33. The number of carbonyl (C=O) groups is 2. The third-order valence-electron chi connectivity index (χ3n) is 11.2. The van der Waals surface area contributed by atoms with Crippen molar-refractivity contribution in [3.05, 3.63) is 64.4 Å². The van der Waals surface area contributed by atoms with E-state index >= 15 is 0 Å². The predicted octanol–water partition coefficient (Wildman–Crippen LogP) is 8.31. The maximum Gasteiger partial charge on any atom is 0.410 e. The number of carbonyl (C=O) groups excluding carboxylic acids is 2. The quantitative estimate of drug-likeness (QED) is 0.342. The van der Waals surface area contributed by atoms with Crippen molar-refractivity contribution in [1.29, 1.82) is 0 Å². The highest BCUT2D eigenvalue weighted by Crippen LogP contribution is 2.53. The van der Waals surface area contributed by atoms with Gasteiger partial charge in [0, 0.05) is 71.4 Å². The number of allylic oxidation sites excluding steroid dienone is 1. The van der Waals surface area contributed by atoms with Crippen LogP contribution in [0.4, 0.5) is 10.5 Å². The number of anilines is 1. The van der Waals surface area contributed by atoms with Gasteiger partial charge in [0.15, 0.2) is 0 Å². The Balaban J connectivity index is 1.05. The van der Waals surface area contributed by atoms with Crippen molar-refractivity contribution < 1.29 is 14.3 Å². The van der Waals surface area contributed by atoms with Gasteiger partial charge in [-0.1, -0.05) is 42.9 Å². The maximum atomic E-state index is 12.9. The van der Waals surface area contributed by atoms with Gasteiger partial charge < -0.3 is 10.1 Å². The molecule has 0 radical (unpaired) electrons. The summed E-state index contributed by atoms with van der Waals surface area (Å²) in [4.78, 5) is 37.3. The van der Waals surface area contributed by atoms with Crippen LogP contribution in [0.2, 0.25) is 0 Å². The fraction of sp³-hybridized carbons (Fsp3) is 0.512. The van der Waals surface area contributed by atoms with Crippen LogP contribution in [0.25, 0.3) is 11.1 Å². The lowest BCUT2D eigenvalue weighted by Crippen LogP contribution is -2.43. The van der Waals surface area contributed by atoms with Crippen molar-refractivity contribution in [2.75, 3.05) is 11.9 Å². The zero-order valence-corrected chi connectivity index (χ0v) is 28.9. The molecule has 7 heteroatoms. The van der Waals surface area contributed by atoms with Crippen LogP contribution in [0.1, 0.15) is 114 Å². The van der Waals surface area contributed by atoms with E-state index in [-0.39, 0.29) is 29.5 Å². The molecule has 6 aliphatic rings. The van der Waals surface area contributed by atoms with Gasteiger partial charge in [-0.25, -0.2) is 4.79 Å². The highest BCUT2D eigenvalue weighted by Gasteiger charge is 2.48. The molecule has 3 heterocycles. The number of nitrogens with zero attached hydrogens (tertiary/aromatic N) is 3. The van der Waals surface area contributed by atoms with E-state index in [1.165, 1.54) is 53.5 Å². The Morgan fingerprint density at radius 1 is 1.02 bits per heavy atom. The third-order valence-corrected chi connectivity index (χ3v) is 11.2. The zero-order chi connectivity index (χ0) is 33.4. The molecule has 2 saturated carbocycles. The van der Waals surface area contributed by atoms with Crippen molar-refractivity contribution in [2.45, 2.75) is 116 Å². The minimum absolute atomic E-state index is 0.0436. The second-order valence-electron chi connectivity index (χ2n) is 16.1. The summed E-state index contributed by atoms with van der Waals surface area (Å²) in [6.07, 6.45) is 10.4. The number of benzene rings is 2. The number of Topliss-reactive ketones (excluding diaryl/α,β-unsaturated/α-hetero) is 1. The maximum absolute atomic E-state index is 12.9. The van der Waals surface area contributed by atoms with Crippen molar-refractivity contribution in [1.82, 2.24) is 4.90 Å². The molecule has 3 aliphatic carbocycles. The number of likely N-dealkylation sites (tertiary alicyclic amines) is 1. The van der Waals surface area contributed by atoms with E-state index in [2.05, 4.69) is 61.3 Å². The van der Waals surface area contributed by atoms with E-state index in [9.17, 15) is 9.59 Å². The number of hydrogen-bond acceptors (Lipinski definition) is 6. The average molecular weight is 643 g/mol. The molecule has 2 unspecified atom stereocenters. The van der Waals surface area contributed by atoms with Gasteiger partial charge in [0.2, 0.25) is 0 Å². The summed E-state index contributed by atoms with van der Waals surface area (Å²) in [5.41, 5.74) is 9.46. The highest BCUT2D eigenvalue weighted by atomic mass is 16.6. The molecule has 2 aromatic rings. The van der Waals surface area contributed by atoms with E-state index in [0.717, 1.165) is 47.6 Å². The Morgan fingerprint density at radius 3 is 2.60 bits per heavy atom. The molecule has 3 aliphatic heterocycles. The van der Waals surface area contributed by atoms with E-state index < -0.39 is 5.60 Å². The van der Waals surface area contributed by atoms with Crippen LogP contribution in [-0.4, -0.2) is 46.5 Å². The van der Waals surface area contributed by atoms with Crippen LogP contribution < -0.4 is 5.32 Å². The van der Waals surface area contributed by atoms with E-state index in [4.69, 9.17) is 14.7 Å². The smallest absolute Gasteiger partial charge is 0.410 e. The first kappa shape index (κ1) is 31.1. The van der Waals surface area contributed by atoms with Crippen LogP contribution in [0.3, 0.4) is 0 Å². The molecule has 3 fully saturated rings. The standard InChI is InChI=1S/C41H46N4O3/c1-40(2,3)48-39(47)45-18-8-11-35(45)34-19-24(23-42-34)12-13-25-14-16-28(30-21-29-31(37(25)30)22-36(29)46)27-15-17-32-33(20-27)43-38(44-41(32,4)5)26-9-6-7-10-26/h14-17,20,23,26,29,31,35H,6-11,18-19,21-22H2,1-5H3,(H,43,44)/t29?,31?,35-/m0/s1. The molecule has 3 atom stereocenters. The second-order valence-corrected chi connectivity index (χ2v) is 16.1. The SMILES string of the molecule is CC(C)(C)OC(=O)N1CCC[C@H]1C1=NC=C(C#Cc2ccc(-c3ccc4c(c3)NC(C3CCCC3)=NC4(C)C)c3c2C2CC(=O)C2C3)C1. The van der Waals surface area contributed by atoms with E-state index in [1.54, 1.807) is 0 Å². The largest absolute Gasteiger partial charge is 0.444 e. The second kappa shape index (κ2) is 11.5. The molecule has 0 bridgehead atoms. The van der Waals surface area contributed by atoms with Crippen LogP contribution in [0.5, 0.6) is 0 Å². The topological polar surface area (TPSA) is 83.4 Å². The van der Waals surface area contributed by atoms with E-state index in [1.807, 2.05) is 31.9 Å². The van der Waals surface area contributed by atoms with Crippen LogP contribution >= 0.6 is 0 Å². The highest BCUT2D eigenvalue weighted by molar-refractivity contribution is 6.01. The average Bonchev–Trinajstić information content (AvgIpc) is 3.84. The van der Waals surface area contributed by atoms with Crippen LogP contribution in [-0.2, 0) is 21.5 Å². The number of amidine groups is 1. The van der Waals surface area contributed by atoms with Crippen molar-refractivity contribution in [3.63, 3.8) is 0 Å². The molecule has 7 nitrogen and oxygen atoms in total. The van der Waals surface area contributed by atoms with Crippen LogP contribution in [0, 0.1) is 23.7 Å². The number of aliphatic imine (C=N–C) groups is 2. The molecule has 2 aromatic carbocycles. The summed E-state index contributed by atoms with van der Waals surface area (Å²) >= 11 is 0. The van der Waals surface area contributed by atoms with Crippen molar-refractivity contribution in [3.8, 4) is 23.0 Å². The third kappa shape index (κ3) is 5.47. The Kier molecular flexibility index (Phi) is 7.43. The van der Waals surface area contributed by atoms with Gasteiger partial charge in [-0.15, -0.1) is 0 Å². The predicted molar refractivity (Wildman–Crippen MR) is 190 cm³/mol. The minimum atomic E-state index is -0.530. The van der Waals surface area contributed by atoms with Crippen molar-refractivity contribution >= 4 is 29.1 Å². The lowest BCUT2D eigenvalue weighted by atomic mass is 9.72. The lowest BCUT2D eigenvalue weighted by molar-refractivity contribution is -0.130. The summed E-state index contributed by atoms with van der Waals surface area (Å²) in [5, 5.41) is 3.74. The number of ketones is 1. The molecule has 8 rings (SSSR count). The summed E-state index contributed by atoms with van der Waals surface area (Å²) in [6.45, 7) is 10.8. The molecule has 248 valence electrons. The first-order chi connectivity index (χ1) is 22.9. The number of ether oxygens (including phenoxy) is 1. The number of amides is 1. The summed E-state index contributed by atoms with van der Waals surface area (Å²) < 4.78 is 5.68. The van der Waals surface area contributed by atoms with Gasteiger partial charge in [0.1, 0.15) is 17.2 Å². The zero-order valence-electron chi connectivity index (χ0n) is 28.9.